The molecule has 100 valence electrons. The van der Waals surface area contributed by atoms with Gasteiger partial charge in [0.15, 0.2) is 0 Å². The number of methoxy groups -OCH3 is 1. The van der Waals surface area contributed by atoms with Crippen LogP contribution in [-0.4, -0.2) is 33.4 Å². The second kappa shape index (κ2) is 6.21. The van der Waals surface area contributed by atoms with Crippen LogP contribution in [0.5, 0.6) is 0 Å². The van der Waals surface area contributed by atoms with Gasteiger partial charge in [0, 0.05) is 31.4 Å². The van der Waals surface area contributed by atoms with E-state index in [1.807, 2.05) is 0 Å². The van der Waals surface area contributed by atoms with E-state index in [4.69, 9.17) is 4.74 Å². The van der Waals surface area contributed by atoms with Crippen molar-refractivity contribution in [3.05, 3.63) is 29.8 Å². The lowest BCUT2D eigenvalue weighted by atomic mass is 10.0. The van der Waals surface area contributed by atoms with Gasteiger partial charge in [-0.1, -0.05) is 18.2 Å². The molecule has 0 fully saturated rings. The number of nitrogens with one attached hydrogen (secondary N) is 1. The number of benzene rings is 1. The Balaban J connectivity index is 2.32. The van der Waals surface area contributed by atoms with Crippen molar-refractivity contribution in [3.8, 4) is 0 Å². The predicted molar refractivity (Wildman–Crippen MR) is 76.2 cm³/mol. The average Bonchev–Trinajstić information content (AvgIpc) is 2.58. The van der Waals surface area contributed by atoms with Crippen LogP contribution >= 0.6 is 0 Å². The molecule has 0 spiro atoms. The van der Waals surface area contributed by atoms with Crippen LogP contribution in [0.1, 0.15) is 31.4 Å². The van der Waals surface area contributed by atoms with Gasteiger partial charge in [0.05, 0.1) is 6.61 Å². The first-order valence-electron chi connectivity index (χ1n) is 6.79. The van der Waals surface area contributed by atoms with Gasteiger partial charge in [-0.3, -0.25) is 0 Å². The van der Waals surface area contributed by atoms with Crippen molar-refractivity contribution in [2.75, 3.05) is 32.2 Å². The molecule has 2 rings (SSSR count). The normalized spacial score (nSPS) is 21.3. The summed E-state index contributed by atoms with van der Waals surface area (Å²) < 4.78 is 5.31. The van der Waals surface area contributed by atoms with E-state index in [0.717, 1.165) is 13.2 Å². The summed E-state index contributed by atoms with van der Waals surface area (Å²) in [5.41, 5.74) is 2.78. The molecule has 1 heterocycles. The molecule has 3 nitrogen and oxygen atoms in total. The van der Waals surface area contributed by atoms with Crippen molar-refractivity contribution in [3.63, 3.8) is 0 Å². The summed E-state index contributed by atoms with van der Waals surface area (Å²) >= 11 is 0. The first kappa shape index (κ1) is 13.4. The van der Waals surface area contributed by atoms with E-state index in [1.54, 1.807) is 7.11 Å². The van der Waals surface area contributed by atoms with Gasteiger partial charge in [-0.25, -0.2) is 0 Å². The number of rotatable bonds is 4. The number of nitrogens with zero attached hydrogens (tertiary/aromatic N) is 1. The van der Waals surface area contributed by atoms with Crippen LogP contribution in [0.3, 0.4) is 0 Å². The van der Waals surface area contributed by atoms with Crippen molar-refractivity contribution in [1.82, 2.24) is 5.32 Å². The van der Waals surface area contributed by atoms with Gasteiger partial charge in [0.2, 0.25) is 0 Å². The third-order valence-corrected chi connectivity index (χ3v) is 3.80. The summed E-state index contributed by atoms with van der Waals surface area (Å²) in [7, 11) is 3.83. The zero-order valence-corrected chi connectivity index (χ0v) is 11.6. The predicted octanol–water partition coefficient (Wildman–Crippen LogP) is 2.58. The fraction of sp³-hybridized carbons (Fsp3) is 0.600. The minimum Gasteiger partial charge on any atom is -0.383 e. The molecule has 2 unspecified atom stereocenters. The first-order chi connectivity index (χ1) is 8.77. The van der Waals surface area contributed by atoms with E-state index in [9.17, 15) is 0 Å². The van der Waals surface area contributed by atoms with Crippen LogP contribution in [0.15, 0.2) is 24.3 Å². The first-order valence-corrected chi connectivity index (χ1v) is 6.79. The standard InChI is InChI=1S/C15H24N2O/c1-12(11-18-3)17-10-6-8-14(16-2)13-7-4-5-9-15(13)17/h4-5,7,9,12,14,16H,6,8,10-11H2,1-3H3. The maximum absolute atomic E-state index is 5.31. The minimum atomic E-state index is 0.423. The highest BCUT2D eigenvalue weighted by Crippen LogP contribution is 2.33. The number of fused-ring (bicyclic) bond motifs is 1. The van der Waals surface area contributed by atoms with Crippen LogP contribution in [-0.2, 0) is 4.74 Å². The van der Waals surface area contributed by atoms with E-state index >= 15 is 0 Å². The number of para-hydroxylation sites is 1. The van der Waals surface area contributed by atoms with E-state index < -0.39 is 0 Å². The Bertz CT molecular complexity index is 381. The van der Waals surface area contributed by atoms with E-state index in [-0.39, 0.29) is 0 Å². The van der Waals surface area contributed by atoms with Crippen LogP contribution in [0.25, 0.3) is 0 Å². The van der Waals surface area contributed by atoms with Crippen LogP contribution in [0.4, 0.5) is 5.69 Å². The molecule has 0 aromatic heterocycles. The molecule has 1 aromatic carbocycles. The minimum absolute atomic E-state index is 0.423. The maximum atomic E-state index is 5.31. The maximum Gasteiger partial charge on any atom is 0.0663 e. The van der Waals surface area contributed by atoms with E-state index in [2.05, 4.69) is 48.5 Å². The Hall–Kier alpha value is -1.06. The van der Waals surface area contributed by atoms with Crippen LogP contribution in [0.2, 0.25) is 0 Å². The fourth-order valence-electron chi connectivity index (χ4n) is 2.87. The lowest BCUT2D eigenvalue weighted by Gasteiger charge is -2.31. The molecule has 1 aliphatic heterocycles. The second-order valence-electron chi connectivity index (χ2n) is 5.04. The fourth-order valence-corrected chi connectivity index (χ4v) is 2.87. The van der Waals surface area contributed by atoms with Crippen LogP contribution < -0.4 is 10.2 Å². The van der Waals surface area contributed by atoms with Gasteiger partial charge in [-0.2, -0.15) is 0 Å². The highest BCUT2D eigenvalue weighted by atomic mass is 16.5. The summed E-state index contributed by atoms with van der Waals surface area (Å²) in [5, 5.41) is 3.43. The average molecular weight is 248 g/mol. The molecular formula is C15H24N2O. The molecule has 0 aliphatic carbocycles. The lowest BCUT2D eigenvalue weighted by molar-refractivity contribution is 0.181. The molecule has 2 atom stereocenters. The molecule has 1 aromatic rings. The van der Waals surface area contributed by atoms with Crippen molar-refractivity contribution >= 4 is 5.69 Å². The van der Waals surface area contributed by atoms with Crippen molar-refractivity contribution in [2.45, 2.75) is 31.8 Å². The molecular weight excluding hydrogens is 224 g/mol. The van der Waals surface area contributed by atoms with Crippen LogP contribution in [0, 0.1) is 0 Å². The second-order valence-corrected chi connectivity index (χ2v) is 5.04. The molecule has 0 amide bonds. The van der Waals surface area contributed by atoms with E-state index in [0.29, 0.717) is 12.1 Å². The molecule has 0 saturated heterocycles. The summed E-state index contributed by atoms with van der Waals surface area (Å²) in [6.07, 6.45) is 2.41. The molecule has 18 heavy (non-hydrogen) atoms. The quantitative estimate of drug-likeness (QED) is 0.886. The molecule has 3 heteroatoms. The van der Waals surface area contributed by atoms with Crippen molar-refractivity contribution < 1.29 is 4.74 Å². The highest BCUT2D eigenvalue weighted by Gasteiger charge is 2.24. The molecule has 0 radical (unpaired) electrons. The monoisotopic (exact) mass is 248 g/mol. The third kappa shape index (κ3) is 2.68. The Kier molecular flexibility index (Phi) is 4.61. The Morgan fingerprint density at radius 3 is 2.94 bits per heavy atom. The smallest absolute Gasteiger partial charge is 0.0663 e. The lowest BCUT2D eigenvalue weighted by Crippen LogP contribution is -2.37. The molecule has 1 N–H and O–H groups in total. The zero-order valence-electron chi connectivity index (χ0n) is 11.6. The van der Waals surface area contributed by atoms with Gasteiger partial charge in [0.25, 0.3) is 0 Å². The number of anilines is 1. The Labute approximate surface area is 110 Å². The number of ether oxygens (including phenoxy) is 1. The summed E-state index contributed by atoms with van der Waals surface area (Å²) in [6.45, 7) is 4.12. The van der Waals surface area contributed by atoms with Gasteiger partial charge in [-0.05, 0) is 38.4 Å². The van der Waals surface area contributed by atoms with Gasteiger partial charge in [-0.15, -0.1) is 0 Å². The topological polar surface area (TPSA) is 24.5 Å². The third-order valence-electron chi connectivity index (χ3n) is 3.80. The highest BCUT2D eigenvalue weighted by molar-refractivity contribution is 5.56. The molecule has 1 aliphatic rings. The summed E-state index contributed by atoms with van der Waals surface area (Å²) in [4.78, 5) is 2.48. The number of hydrogen-bond acceptors (Lipinski definition) is 3. The molecule has 0 saturated carbocycles. The summed E-state index contributed by atoms with van der Waals surface area (Å²) in [6, 6.07) is 9.63. The largest absolute Gasteiger partial charge is 0.383 e. The van der Waals surface area contributed by atoms with Gasteiger partial charge >= 0.3 is 0 Å². The number of hydrogen-bond donors (Lipinski definition) is 1. The Morgan fingerprint density at radius 1 is 1.44 bits per heavy atom. The van der Waals surface area contributed by atoms with Gasteiger partial charge < -0.3 is 15.0 Å². The van der Waals surface area contributed by atoms with Crippen molar-refractivity contribution in [1.29, 1.82) is 0 Å². The van der Waals surface area contributed by atoms with E-state index in [1.165, 1.54) is 24.1 Å². The Morgan fingerprint density at radius 2 is 2.22 bits per heavy atom. The van der Waals surface area contributed by atoms with Gasteiger partial charge in [0.1, 0.15) is 0 Å². The summed E-state index contributed by atoms with van der Waals surface area (Å²) in [5.74, 6) is 0. The van der Waals surface area contributed by atoms with Crippen molar-refractivity contribution in [2.24, 2.45) is 0 Å². The molecule has 0 bridgehead atoms. The SMILES string of the molecule is CNC1CCCN(C(C)COC)c2ccccc21. The zero-order chi connectivity index (χ0) is 13.0.